The number of hydrogen-bond donors (Lipinski definition) is 2. The van der Waals surface area contributed by atoms with Crippen molar-refractivity contribution in [2.75, 3.05) is 11.9 Å². The summed E-state index contributed by atoms with van der Waals surface area (Å²) >= 11 is 6.36. The lowest BCUT2D eigenvalue weighted by Crippen LogP contribution is -2.18. The third-order valence-electron chi connectivity index (χ3n) is 6.17. The Morgan fingerprint density at radius 3 is 2.39 bits per heavy atom. The average Bonchev–Trinajstić information content (AvgIpc) is 2.94. The number of amides is 1. The maximum atomic E-state index is 12.8. The van der Waals surface area contributed by atoms with E-state index in [-0.39, 0.29) is 17.4 Å². The summed E-state index contributed by atoms with van der Waals surface area (Å²) in [5.41, 5.74) is 1.45. The zero-order chi connectivity index (χ0) is 29.1. The van der Waals surface area contributed by atoms with Crippen LogP contribution >= 0.6 is 11.6 Å². The van der Waals surface area contributed by atoms with Crippen LogP contribution in [0.5, 0.6) is 17.2 Å². The second-order valence-corrected chi connectivity index (χ2v) is 9.32. The van der Waals surface area contributed by atoms with Crippen LogP contribution in [0.25, 0.3) is 11.3 Å². The van der Waals surface area contributed by atoms with Crippen LogP contribution in [0.15, 0.2) is 79.0 Å². The fraction of sp³-hybridized carbons (Fsp3) is 0.138. The number of carbonyl (C=O) groups excluding carboxylic acids is 1. The van der Waals surface area contributed by atoms with Crippen LogP contribution in [-0.2, 0) is 10.9 Å². The molecule has 1 amide bonds. The number of benzene rings is 3. The summed E-state index contributed by atoms with van der Waals surface area (Å²) in [6.07, 6.45) is -4.74. The normalized spacial score (nSPS) is 14.4. The van der Waals surface area contributed by atoms with Gasteiger partial charge >= 0.3 is 12.3 Å². The van der Waals surface area contributed by atoms with Gasteiger partial charge in [-0.15, -0.1) is 0 Å². The fourth-order valence-electron chi connectivity index (χ4n) is 4.15. The maximum Gasteiger partial charge on any atom is 0.506 e. The van der Waals surface area contributed by atoms with E-state index in [0.29, 0.717) is 46.0 Å². The van der Waals surface area contributed by atoms with E-state index in [0.717, 1.165) is 12.1 Å². The number of pyridine rings is 1. The number of nitrogens with zero attached hydrogens (tertiary/aromatic N) is 1. The van der Waals surface area contributed by atoms with Gasteiger partial charge in [0.1, 0.15) is 23.4 Å². The van der Waals surface area contributed by atoms with E-state index in [2.05, 4.69) is 10.3 Å². The minimum Gasteiger partial charge on any atom is -0.493 e. The van der Waals surface area contributed by atoms with Crippen LogP contribution in [0.4, 0.5) is 23.7 Å². The highest BCUT2D eigenvalue weighted by atomic mass is 35.5. The zero-order valence-electron chi connectivity index (χ0n) is 20.9. The second kappa shape index (κ2) is 11.4. The fourth-order valence-corrected chi connectivity index (χ4v) is 4.36. The lowest BCUT2D eigenvalue weighted by molar-refractivity contribution is -0.137. The Morgan fingerprint density at radius 1 is 1.02 bits per heavy atom. The summed E-state index contributed by atoms with van der Waals surface area (Å²) in [5.74, 6) is 0.652. The molecule has 1 aliphatic heterocycles. The van der Waals surface area contributed by atoms with E-state index in [9.17, 15) is 22.8 Å². The Bertz CT molecular complexity index is 1580. The van der Waals surface area contributed by atoms with Gasteiger partial charge in [-0.2, -0.15) is 13.2 Å². The molecule has 0 aliphatic carbocycles. The number of halogens is 4. The number of hydrogen-bond acceptors (Lipinski definition) is 6. The van der Waals surface area contributed by atoms with Gasteiger partial charge < -0.3 is 24.6 Å². The molecule has 41 heavy (non-hydrogen) atoms. The third-order valence-corrected chi connectivity index (χ3v) is 6.46. The molecule has 0 saturated carbocycles. The highest BCUT2D eigenvalue weighted by Gasteiger charge is 2.30. The Labute approximate surface area is 236 Å². The summed E-state index contributed by atoms with van der Waals surface area (Å²) in [5, 5.41) is 11.9. The van der Waals surface area contributed by atoms with E-state index < -0.39 is 29.9 Å². The topological polar surface area (TPSA) is 107 Å². The van der Waals surface area contributed by atoms with Crippen LogP contribution in [0.1, 0.15) is 34.0 Å². The van der Waals surface area contributed by atoms with Crippen molar-refractivity contribution in [1.82, 2.24) is 4.98 Å². The Kier molecular flexibility index (Phi) is 7.71. The lowest BCUT2D eigenvalue weighted by Gasteiger charge is -2.25. The molecule has 0 fully saturated rings. The molecule has 1 aromatic heterocycles. The van der Waals surface area contributed by atoms with Gasteiger partial charge in [0.25, 0.3) is 5.91 Å². The first kappa shape index (κ1) is 27.8. The van der Waals surface area contributed by atoms with Gasteiger partial charge in [0.05, 0.1) is 34.8 Å². The monoisotopic (exact) mass is 584 g/mol. The molecule has 2 N–H and O–H groups in total. The lowest BCUT2D eigenvalue weighted by atomic mass is 10.0. The van der Waals surface area contributed by atoms with Gasteiger partial charge in [0, 0.05) is 29.2 Å². The third kappa shape index (κ3) is 6.52. The number of aromatic nitrogens is 1. The number of rotatable bonds is 6. The molecule has 4 aromatic rings. The van der Waals surface area contributed by atoms with Gasteiger partial charge in [0.15, 0.2) is 0 Å². The minimum absolute atomic E-state index is 0.224. The number of ether oxygens (including phenoxy) is 3. The molecular formula is C29H20ClF3N2O6. The van der Waals surface area contributed by atoms with Crippen LogP contribution in [-0.4, -0.2) is 28.8 Å². The number of carboxylic acid groups (broad SMARTS) is 1. The predicted molar refractivity (Wildman–Crippen MR) is 143 cm³/mol. The first-order valence-electron chi connectivity index (χ1n) is 12.2. The molecule has 210 valence electrons. The summed E-state index contributed by atoms with van der Waals surface area (Å²) < 4.78 is 54.7. The van der Waals surface area contributed by atoms with Crippen LogP contribution in [0, 0.1) is 0 Å². The molecule has 0 spiro atoms. The van der Waals surface area contributed by atoms with Crippen molar-refractivity contribution in [3.63, 3.8) is 0 Å². The molecule has 3 aromatic carbocycles. The zero-order valence-corrected chi connectivity index (χ0v) is 21.7. The van der Waals surface area contributed by atoms with Gasteiger partial charge in [-0.3, -0.25) is 9.78 Å². The molecular weight excluding hydrogens is 565 g/mol. The number of alkyl halides is 3. The van der Waals surface area contributed by atoms with Gasteiger partial charge in [-0.05, 0) is 54.6 Å². The van der Waals surface area contributed by atoms with E-state index in [4.69, 9.17) is 30.9 Å². The number of anilines is 1. The molecule has 0 radical (unpaired) electrons. The van der Waals surface area contributed by atoms with Crippen molar-refractivity contribution in [3.8, 4) is 28.5 Å². The molecule has 1 unspecified atom stereocenters. The second-order valence-electron chi connectivity index (χ2n) is 8.92. The molecule has 1 atom stereocenters. The largest absolute Gasteiger partial charge is 0.506 e. The van der Waals surface area contributed by atoms with E-state index in [1.165, 1.54) is 24.4 Å². The standard InChI is InChI=1S/C29H20ClF3N2O6/c30-22-13-21-24(41-28(37)38)11-12-39-25(21)14-26(22)40-20-8-3-17(4-9-20)27(36)35-19-7-10-23(34-15-19)16-1-5-18(6-2-16)29(31,32)33/h1-10,13-15,24H,11-12H2,(H,35,36)(H,37,38). The highest BCUT2D eigenvalue weighted by Crippen LogP contribution is 2.42. The Morgan fingerprint density at radius 2 is 1.76 bits per heavy atom. The van der Waals surface area contributed by atoms with E-state index in [1.54, 1.807) is 42.5 Å². The molecule has 0 saturated heterocycles. The Balaban J connectivity index is 1.22. The predicted octanol–water partition coefficient (Wildman–Crippen LogP) is 7.98. The molecule has 5 rings (SSSR count). The van der Waals surface area contributed by atoms with Gasteiger partial charge in [-0.25, -0.2) is 4.79 Å². The van der Waals surface area contributed by atoms with E-state index >= 15 is 0 Å². The van der Waals surface area contributed by atoms with Crippen LogP contribution in [0.2, 0.25) is 5.02 Å². The van der Waals surface area contributed by atoms with Crippen molar-refractivity contribution in [2.24, 2.45) is 0 Å². The number of carbonyl (C=O) groups is 2. The van der Waals surface area contributed by atoms with Crippen molar-refractivity contribution in [3.05, 3.63) is 101 Å². The SMILES string of the molecule is O=C(O)OC1CCOc2cc(Oc3ccc(C(=O)Nc4ccc(-c5ccc(C(F)(F)F)cc5)nc4)cc3)c(Cl)cc21. The Hall–Kier alpha value is -4.77. The first-order chi connectivity index (χ1) is 19.6. The van der Waals surface area contributed by atoms with Crippen molar-refractivity contribution in [2.45, 2.75) is 18.7 Å². The maximum absolute atomic E-state index is 12.8. The molecule has 1 aliphatic rings. The van der Waals surface area contributed by atoms with Gasteiger partial charge in [0.2, 0.25) is 0 Å². The summed E-state index contributed by atoms with van der Waals surface area (Å²) in [6.45, 7) is 0.267. The first-order valence-corrected chi connectivity index (χ1v) is 12.5. The van der Waals surface area contributed by atoms with E-state index in [1.807, 2.05) is 0 Å². The van der Waals surface area contributed by atoms with Crippen molar-refractivity contribution < 1.29 is 42.1 Å². The molecule has 8 nitrogen and oxygen atoms in total. The average molecular weight is 585 g/mol. The highest BCUT2D eigenvalue weighted by molar-refractivity contribution is 6.32. The molecule has 12 heteroatoms. The van der Waals surface area contributed by atoms with Crippen LogP contribution in [0.3, 0.4) is 0 Å². The van der Waals surface area contributed by atoms with Crippen molar-refractivity contribution in [1.29, 1.82) is 0 Å². The summed E-state index contributed by atoms with van der Waals surface area (Å²) in [4.78, 5) is 27.9. The van der Waals surface area contributed by atoms with Crippen molar-refractivity contribution >= 4 is 29.4 Å². The number of nitrogens with one attached hydrogen (secondary N) is 1. The van der Waals surface area contributed by atoms with Crippen LogP contribution < -0.4 is 14.8 Å². The minimum atomic E-state index is -4.42. The smallest absolute Gasteiger partial charge is 0.493 e. The molecule has 2 heterocycles. The quantitative estimate of drug-likeness (QED) is 0.221. The summed E-state index contributed by atoms with van der Waals surface area (Å²) in [6, 6.07) is 17.2. The number of fused-ring (bicyclic) bond motifs is 1. The van der Waals surface area contributed by atoms with Gasteiger partial charge in [-0.1, -0.05) is 23.7 Å². The molecule has 0 bridgehead atoms. The summed E-state index contributed by atoms with van der Waals surface area (Å²) in [7, 11) is 0.